The molecule has 7 nitrogen and oxygen atoms in total. The normalized spacial score (nSPS) is 12.4. The predicted molar refractivity (Wildman–Crippen MR) is 91.1 cm³/mol. The van der Waals surface area contributed by atoms with Crippen LogP contribution in [-0.4, -0.2) is 30.8 Å². The summed E-state index contributed by atoms with van der Waals surface area (Å²) in [6.45, 7) is 0. The number of aromatic nitrogens is 3. The number of aliphatic hydroxyl groups is 1. The van der Waals surface area contributed by atoms with Crippen LogP contribution in [0, 0.1) is 11.6 Å². The van der Waals surface area contributed by atoms with Crippen LogP contribution in [0.15, 0.2) is 35.4 Å². The number of halogens is 2. The van der Waals surface area contributed by atoms with Crippen molar-refractivity contribution in [1.29, 1.82) is 0 Å². The number of hydrogen-bond donors (Lipinski definition) is 2. The minimum atomic E-state index is -1.11. The van der Waals surface area contributed by atoms with Crippen LogP contribution in [0.25, 0.3) is 11.4 Å². The van der Waals surface area contributed by atoms with Crippen LogP contribution in [-0.2, 0) is 17.6 Å². The lowest BCUT2D eigenvalue weighted by molar-refractivity contribution is -0.136. The van der Waals surface area contributed by atoms with Crippen molar-refractivity contribution in [3.05, 3.63) is 68.9 Å². The van der Waals surface area contributed by atoms with Crippen molar-refractivity contribution < 1.29 is 23.8 Å². The number of rotatable bonds is 6. The molecule has 3 rings (SSSR count). The van der Waals surface area contributed by atoms with Crippen molar-refractivity contribution in [1.82, 2.24) is 14.6 Å². The van der Waals surface area contributed by atoms with Gasteiger partial charge in [0, 0.05) is 24.2 Å². The third-order valence-corrected chi connectivity index (χ3v) is 4.04. The number of hydrogen-bond acceptors (Lipinski definition) is 5. The number of aryl methyl sites for hydroxylation is 2. The first-order valence-corrected chi connectivity index (χ1v) is 8.09. The second-order valence-corrected chi connectivity index (χ2v) is 5.99. The van der Waals surface area contributed by atoms with Gasteiger partial charge >= 0.3 is 5.97 Å². The first kappa shape index (κ1) is 18.4. The molecule has 0 saturated heterocycles. The third kappa shape index (κ3) is 4.08. The summed E-state index contributed by atoms with van der Waals surface area (Å²) in [5, 5.41) is 22.8. The maximum absolute atomic E-state index is 13.3. The third-order valence-electron chi connectivity index (χ3n) is 4.04. The molecule has 0 atom stereocenters. The van der Waals surface area contributed by atoms with Gasteiger partial charge in [-0.1, -0.05) is 0 Å². The van der Waals surface area contributed by atoms with Crippen LogP contribution in [0.2, 0.25) is 0 Å². The Balaban J connectivity index is 1.98. The SMILES string of the molecule is O=C(O)CC/C(O)=c1\c(=O)cc(CCc2cc(F)cc(F)c2)n2ncnc12. The van der Waals surface area contributed by atoms with E-state index in [2.05, 4.69) is 10.1 Å². The van der Waals surface area contributed by atoms with E-state index in [-0.39, 0.29) is 42.3 Å². The Morgan fingerprint density at radius 1 is 1.04 bits per heavy atom. The number of fused-ring (bicyclic) bond motifs is 1. The van der Waals surface area contributed by atoms with E-state index < -0.39 is 23.0 Å². The molecule has 0 saturated carbocycles. The molecule has 2 N–H and O–H groups in total. The van der Waals surface area contributed by atoms with Crippen molar-refractivity contribution in [2.75, 3.05) is 0 Å². The molecule has 9 heteroatoms. The van der Waals surface area contributed by atoms with Crippen molar-refractivity contribution in [3.63, 3.8) is 0 Å². The number of carboxylic acids is 1. The summed E-state index contributed by atoms with van der Waals surface area (Å²) in [4.78, 5) is 27.1. The summed E-state index contributed by atoms with van der Waals surface area (Å²) < 4.78 is 28.0. The molecule has 0 fully saturated rings. The lowest BCUT2D eigenvalue weighted by Gasteiger charge is -2.06. The highest BCUT2D eigenvalue weighted by Gasteiger charge is 2.13. The molecule has 0 amide bonds. The molecule has 0 bridgehead atoms. The largest absolute Gasteiger partial charge is 0.511 e. The summed E-state index contributed by atoms with van der Waals surface area (Å²) in [6.07, 6.45) is 1.17. The standard InChI is InChI=1S/C18H15F2N3O4/c19-11-5-10(6-12(20)7-11)1-2-13-8-15(25)17(14(24)3-4-16(26)27)18-21-9-22-23(13)18/h5-9,24H,1-4H2,(H,26,27)/b17-14-. The van der Waals surface area contributed by atoms with Gasteiger partial charge in [-0.3, -0.25) is 9.59 Å². The van der Waals surface area contributed by atoms with E-state index >= 15 is 0 Å². The molecule has 0 aliphatic rings. The Morgan fingerprint density at radius 3 is 2.41 bits per heavy atom. The molecule has 27 heavy (non-hydrogen) atoms. The van der Waals surface area contributed by atoms with E-state index in [1.165, 1.54) is 29.0 Å². The van der Waals surface area contributed by atoms with Gasteiger partial charge < -0.3 is 10.2 Å². The average Bonchev–Trinajstić information content (AvgIpc) is 3.06. The lowest BCUT2D eigenvalue weighted by atomic mass is 10.1. The maximum Gasteiger partial charge on any atom is 0.303 e. The maximum atomic E-state index is 13.3. The van der Waals surface area contributed by atoms with Gasteiger partial charge in [0.25, 0.3) is 0 Å². The fourth-order valence-electron chi connectivity index (χ4n) is 2.84. The van der Waals surface area contributed by atoms with Crippen LogP contribution in [0.1, 0.15) is 24.1 Å². The molecule has 140 valence electrons. The first-order valence-electron chi connectivity index (χ1n) is 8.09. The number of pyridine rings is 1. The minimum Gasteiger partial charge on any atom is -0.511 e. The minimum absolute atomic E-state index is 0.102. The van der Waals surface area contributed by atoms with Gasteiger partial charge in [0.05, 0.1) is 6.42 Å². The lowest BCUT2D eigenvalue weighted by Crippen LogP contribution is -2.31. The van der Waals surface area contributed by atoms with Gasteiger partial charge in [-0.25, -0.2) is 18.3 Å². The van der Waals surface area contributed by atoms with E-state index in [1.54, 1.807) is 0 Å². The predicted octanol–water partition coefficient (Wildman–Crippen LogP) is 1.40. The fraction of sp³-hybridized carbons (Fsp3) is 0.222. The first-order chi connectivity index (χ1) is 12.8. The zero-order valence-electron chi connectivity index (χ0n) is 14.0. The van der Waals surface area contributed by atoms with E-state index in [4.69, 9.17) is 5.11 Å². The Morgan fingerprint density at radius 2 is 1.74 bits per heavy atom. The monoisotopic (exact) mass is 375 g/mol. The van der Waals surface area contributed by atoms with Crippen LogP contribution in [0.5, 0.6) is 0 Å². The number of aliphatic carboxylic acids is 1. The molecule has 1 aromatic carbocycles. The zero-order chi connectivity index (χ0) is 19.6. The number of benzene rings is 1. The highest BCUT2D eigenvalue weighted by atomic mass is 19.1. The Kier molecular flexibility index (Phi) is 5.11. The summed E-state index contributed by atoms with van der Waals surface area (Å²) in [6, 6.07) is 4.45. The van der Waals surface area contributed by atoms with Gasteiger partial charge in [-0.05, 0) is 30.5 Å². The van der Waals surface area contributed by atoms with Crippen molar-refractivity contribution in [2.24, 2.45) is 0 Å². The summed E-state index contributed by atoms with van der Waals surface area (Å²) in [5.74, 6) is -2.85. The quantitative estimate of drug-likeness (QED) is 0.675. The molecule has 2 aromatic heterocycles. The molecule has 0 aliphatic carbocycles. The molecule has 0 spiro atoms. The number of nitrogens with zero attached hydrogens (tertiary/aromatic N) is 3. The van der Waals surface area contributed by atoms with Crippen molar-refractivity contribution >= 4 is 17.4 Å². The van der Waals surface area contributed by atoms with Crippen molar-refractivity contribution in [2.45, 2.75) is 25.7 Å². The smallest absolute Gasteiger partial charge is 0.303 e. The van der Waals surface area contributed by atoms with Gasteiger partial charge in [-0.15, -0.1) is 0 Å². The second-order valence-electron chi connectivity index (χ2n) is 5.99. The Labute approximate surface area is 151 Å². The van der Waals surface area contributed by atoms with Crippen LogP contribution in [0.4, 0.5) is 8.78 Å². The zero-order valence-corrected chi connectivity index (χ0v) is 14.0. The van der Waals surface area contributed by atoms with Crippen molar-refractivity contribution in [3.8, 4) is 0 Å². The highest BCUT2D eigenvalue weighted by Crippen LogP contribution is 2.11. The van der Waals surface area contributed by atoms with Gasteiger partial charge in [0.15, 0.2) is 11.1 Å². The molecule has 0 radical (unpaired) electrons. The molecule has 0 unspecified atom stereocenters. The van der Waals surface area contributed by atoms with E-state index in [0.29, 0.717) is 11.3 Å². The van der Waals surface area contributed by atoms with E-state index in [9.17, 15) is 23.5 Å². The highest BCUT2D eigenvalue weighted by molar-refractivity contribution is 5.68. The number of aliphatic hydroxyl groups excluding tert-OH is 1. The summed E-state index contributed by atoms with van der Waals surface area (Å²) >= 11 is 0. The van der Waals surface area contributed by atoms with E-state index in [0.717, 1.165) is 6.07 Å². The Bertz CT molecular complexity index is 1110. The van der Waals surface area contributed by atoms with Gasteiger partial charge in [-0.2, -0.15) is 5.10 Å². The Hall–Kier alpha value is -3.36. The second kappa shape index (κ2) is 7.48. The fourth-order valence-corrected chi connectivity index (χ4v) is 2.84. The molecular formula is C18H15F2N3O4. The summed E-state index contributed by atoms with van der Waals surface area (Å²) in [7, 11) is 0. The molecular weight excluding hydrogens is 360 g/mol. The molecule has 0 aliphatic heterocycles. The van der Waals surface area contributed by atoms with Gasteiger partial charge in [0.1, 0.15) is 28.9 Å². The number of carbonyl (C=O) groups is 1. The molecule has 3 aromatic rings. The molecule has 2 heterocycles. The summed E-state index contributed by atoms with van der Waals surface area (Å²) in [5.41, 5.74) is 0.449. The van der Waals surface area contributed by atoms with Crippen LogP contribution in [0.3, 0.4) is 0 Å². The number of carboxylic acid groups (broad SMARTS) is 1. The topological polar surface area (TPSA) is 105 Å². The van der Waals surface area contributed by atoms with Crippen LogP contribution >= 0.6 is 0 Å². The average molecular weight is 375 g/mol. The van der Waals surface area contributed by atoms with E-state index in [1.807, 2.05) is 0 Å². The van der Waals surface area contributed by atoms with Gasteiger partial charge in [0.2, 0.25) is 0 Å². The van der Waals surface area contributed by atoms with Crippen LogP contribution < -0.4 is 10.6 Å².